The second-order valence-electron chi connectivity index (χ2n) is 6.03. The Hall–Kier alpha value is -3.77. The third-order valence-corrected chi connectivity index (χ3v) is 6.09. The molecule has 2 aromatic carbocycles. The molecule has 1 N–H and O–H groups in total. The van der Waals surface area contributed by atoms with Gasteiger partial charge in [-0.25, -0.2) is 13.1 Å². The van der Waals surface area contributed by atoms with E-state index in [2.05, 4.69) is 15.3 Å². The first-order chi connectivity index (χ1) is 13.5. The van der Waals surface area contributed by atoms with Crippen molar-refractivity contribution < 1.29 is 8.42 Å². The SMILES string of the molecule is N#Cc1c[nH]nc1Cn1ncc2cc(S(=O)(=O)c3ccccc3)ccc2c1=O. The topological polar surface area (TPSA) is 121 Å². The molecule has 2 heterocycles. The first kappa shape index (κ1) is 17.6. The van der Waals surface area contributed by atoms with Crippen LogP contribution in [0.25, 0.3) is 10.8 Å². The van der Waals surface area contributed by atoms with E-state index in [1.807, 2.05) is 6.07 Å². The van der Waals surface area contributed by atoms with Crippen LogP contribution in [0.4, 0.5) is 0 Å². The molecule has 138 valence electrons. The van der Waals surface area contributed by atoms with E-state index in [0.29, 0.717) is 22.0 Å². The number of nitrogens with one attached hydrogen (secondary N) is 1. The molecule has 0 unspecified atom stereocenters. The van der Waals surface area contributed by atoms with E-state index < -0.39 is 15.4 Å². The van der Waals surface area contributed by atoms with Gasteiger partial charge in [0.15, 0.2) is 0 Å². The Morgan fingerprint density at radius 3 is 2.64 bits per heavy atom. The van der Waals surface area contributed by atoms with Crippen molar-refractivity contribution in [2.24, 2.45) is 0 Å². The Bertz CT molecular complexity index is 1380. The van der Waals surface area contributed by atoms with Crippen molar-refractivity contribution in [2.75, 3.05) is 0 Å². The van der Waals surface area contributed by atoms with Gasteiger partial charge < -0.3 is 0 Å². The van der Waals surface area contributed by atoms with E-state index in [0.717, 1.165) is 0 Å². The van der Waals surface area contributed by atoms with E-state index in [1.54, 1.807) is 18.2 Å². The lowest BCUT2D eigenvalue weighted by atomic mass is 10.2. The summed E-state index contributed by atoms with van der Waals surface area (Å²) in [5.74, 6) is 0. The minimum Gasteiger partial charge on any atom is -0.284 e. The summed E-state index contributed by atoms with van der Waals surface area (Å²) in [4.78, 5) is 13.0. The summed E-state index contributed by atoms with van der Waals surface area (Å²) in [7, 11) is -3.69. The number of nitrogens with zero attached hydrogens (tertiary/aromatic N) is 4. The van der Waals surface area contributed by atoms with Crippen LogP contribution in [0.2, 0.25) is 0 Å². The van der Waals surface area contributed by atoms with Crippen LogP contribution in [0, 0.1) is 11.3 Å². The quantitative estimate of drug-likeness (QED) is 0.567. The fourth-order valence-electron chi connectivity index (χ4n) is 2.86. The average Bonchev–Trinajstić information content (AvgIpc) is 3.17. The minimum absolute atomic E-state index is 0.0330. The highest BCUT2D eigenvalue weighted by molar-refractivity contribution is 7.91. The van der Waals surface area contributed by atoms with Crippen molar-refractivity contribution in [3.05, 3.63) is 82.5 Å². The van der Waals surface area contributed by atoms with Gasteiger partial charge in [-0.3, -0.25) is 9.89 Å². The third-order valence-electron chi connectivity index (χ3n) is 4.33. The van der Waals surface area contributed by atoms with Gasteiger partial charge in [-0.2, -0.15) is 15.5 Å². The smallest absolute Gasteiger partial charge is 0.274 e. The van der Waals surface area contributed by atoms with Crippen LogP contribution in [-0.2, 0) is 16.4 Å². The highest BCUT2D eigenvalue weighted by Gasteiger charge is 2.18. The number of aromatic amines is 1. The summed E-state index contributed by atoms with van der Waals surface area (Å²) < 4.78 is 26.7. The lowest BCUT2D eigenvalue weighted by Crippen LogP contribution is -2.24. The molecule has 0 bridgehead atoms. The number of benzene rings is 2. The van der Waals surface area contributed by atoms with Gasteiger partial charge in [0, 0.05) is 11.6 Å². The molecule has 0 amide bonds. The Balaban J connectivity index is 1.77. The third kappa shape index (κ3) is 2.95. The maximum absolute atomic E-state index is 12.8. The van der Waals surface area contributed by atoms with Gasteiger partial charge in [0.05, 0.1) is 33.5 Å². The summed E-state index contributed by atoms with van der Waals surface area (Å²) in [6.45, 7) is 0.0330. The molecular weight excluding hydrogens is 378 g/mol. The molecule has 0 radical (unpaired) electrons. The molecule has 28 heavy (non-hydrogen) atoms. The molecule has 0 aliphatic heterocycles. The van der Waals surface area contributed by atoms with Crippen LogP contribution in [0.1, 0.15) is 11.3 Å². The molecule has 0 atom stereocenters. The van der Waals surface area contributed by atoms with E-state index in [-0.39, 0.29) is 16.3 Å². The lowest BCUT2D eigenvalue weighted by molar-refractivity contribution is 0.596. The maximum atomic E-state index is 12.8. The highest BCUT2D eigenvalue weighted by Crippen LogP contribution is 2.23. The number of rotatable bonds is 4. The summed E-state index contributed by atoms with van der Waals surface area (Å²) in [5, 5.41) is 20.4. The fourth-order valence-corrected chi connectivity index (χ4v) is 4.18. The first-order valence-electron chi connectivity index (χ1n) is 8.23. The standard InChI is InChI=1S/C19H13N5O3S/c20-9-14-10-21-23-18(14)12-24-19(25)17-7-6-16(8-13(17)11-22-24)28(26,27)15-4-2-1-3-5-15/h1-8,10-11H,12H2,(H,21,23). The number of H-pyrrole nitrogens is 1. The van der Waals surface area contributed by atoms with Crippen molar-refractivity contribution in [1.82, 2.24) is 20.0 Å². The number of aromatic nitrogens is 4. The second kappa shape index (κ2) is 6.75. The molecule has 8 nitrogen and oxygen atoms in total. The normalized spacial score (nSPS) is 11.4. The van der Waals surface area contributed by atoms with Crippen LogP contribution in [0.3, 0.4) is 0 Å². The average molecular weight is 391 g/mol. The van der Waals surface area contributed by atoms with E-state index in [1.165, 1.54) is 47.4 Å². The zero-order valence-electron chi connectivity index (χ0n) is 14.4. The summed E-state index contributed by atoms with van der Waals surface area (Å²) in [6.07, 6.45) is 2.88. The molecule has 0 aliphatic carbocycles. The summed E-state index contributed by atoms with van der Waals surface area (Å²) in [6, 6.07) is 14.4. The summed E-state index contributed by atoms with van der Waals surface area (Å²) in [5.41, 5.74) is 0.339. The first-order valence-corrected chi connectivity index (χ1v) is 9.72. The number of hydrogen-bond acceptors (Lipinski definition) is 6. The lowest BCUT2D eigenvalue weighted by Gasteiger charge is -2.08. The van der Waals surface area contributed by atoms with Crippen molar-refractivity contribution in [3.8, 4) is 6.07 Å². The predicted molar refractivity (Wildman–Crippen MR) is 100 cm³/mol. The van der Waals surface area contributed by atoms with Crippen molar-refractivity contribution in [2.45, 2.75) is 16.3 Å². The Kier molecular flexibility index (Phi) is 4.25. The van der Waals surface area contributed by atoms with Gasteiger partial charge in [-0.1, -0.05) is 18.2 Å². The number of fused-ring (bicyclic) bond motifs is 1. The molecule has 0 spiro atoms. The van der Waals surface area contributed by atoms with Crippen LogP contribution in [0.15, 0.2) is 75.5 Å². The molecule has 0 fully saturated rings. The fraction of sp³-hybridized carbons (Fsp3) is 0.0526. The molecular formula is C19H13N5O3S. The zero-order valence-corrected chi connectivity index (χ0v) is 15.2. The minimum atomic E-state index is -3.69. The van der Waals surface area contributed by atoms with Crippen molar-refractivity contribution >= 4 is 20.6 Å². The number of sulfone groups is 1. The Morgan fingerprint density at radius 2 is 1.89 bits per heavy atom. The van der Waals surface area contributed by atoms with Crippen LogP contribution < -0.4 is 5.56 Å². The van der Waals surface area contributed by atoms with Gasteiger partial charge in [-0.15, -0.1) is 0 Å². The van der Waals surface area contributed by atoms with Gasteiger partial charge in [0.2, 0.25) is 9.84 Å². The summed E-state index contributed by atoms with van der Waals surface area (Å²) >= 11 is 0. The molecule has 4 aromatic rings. The van der Waals surface area contributed by atoms with Crippen LogP contribution >= 0.6 is 0 Å². The van der Waals surface area contributed by atoms with Gasteiger partial charge in [0.25, 0.3) is 5.56 Å². The largest absolute Gasteiger partial charge is 0.284 e. The molecule has 0 aliphatic rings. The zero-order chi connectivity index (χ0) is 19.7. The van der Waals surface area contributed by atoms with Gasteiger partial charge >= 0.3 is 0 Å². The predicted octanol–water partition coefficient (Wildman–Crippen LogP) is 1.87. The molecule has 0 saturated heterocycles. The second-order valence-corrected chi connectivity index (χ2v) is 7.98. The van der Waals surface area contributed by atoms with Crippen LogP contribution in [0.5, 0.6) is 0 Å². The Morgan fingerprint density at radius 1 is 1.11 bits per heavy atom. The van der Waals surface area contributed by atoms with Crippen LogP contribution in [-0.4, -0.2) is 28.4 Å². The van der Waals surface area contributed by atoms with Crippen molar-refractivity contribution in [1.29, 1.82) is 5.26 Å². The number of hydrogen-bond donors (Lipinski definition) is 1. The molecule has 4 rings (SSSR count). The Labute approximate surface area is 159 Å². The highest BCUT2D eigenvalue weighted by atomic mass is 32.2. The van der Waals surface area contributed by atoms with Gasteiger partial charge in [-0.05, 0) is 30.3 Å². The van der Waals surface area contributed by atoms with E-state index >= 15 is 0 Å². The monoisotopic (exact) mass is 391 g/mol. The molecule has 2 aromatic heterocycles. The number of nitriles is 1. The van der Waals surface area contributed by atoms with E-state index in [9.17, 15) is 13.2 Å². The van der Waals surface area contributed by atoms with E-state index in [4.69, 9.17) is 5.26 Å². The van der Waals surface area contributed by atoms with Crippen molar-refractivity contribution in [3.63, 3.8) is 0 Å². The molecule has 9 heteroatoms. The van der Waals surface area contributed by atoms with Gasteiger partial charge in [0.1, 0.15) is 11.8 Å². The maximum Gasteiger partial charge on any atom is 0.274 e. The molecule has 0 saturated carbocycles.